The van der Waals surface area contributed by atoms with E-state index in [2.05, 4.69) is 95.2 Å². The normalized spacial score (nSPS) is 15.7. The van der Waals surface area contributed by atoms with Gasteiger partial charge in [0, 0.05) is 28.9 Å². The molecule has 206 valence electrons. The van der Waals surface area contributed by atoms with E-state index in [9.17, 15) is 9.59 Å². The number of hydrogen-bond donors (Lipinski definition) is 0. The van der Waals surface area contributed by atoms with Gasteiger partial charge in [-0.1, -0.05) is 41.5 Å². The lowest BCUT2D eigenvalue weighted by Crippen LogP contribution is -2.66. The molecule has 1 aliphatic heterocycles. The molecule has 0 radical (unpaired) electrons. The van der Waals surface area contributed by atoms with Crippen LogP contribution >= 0.6 is 0 Å². The van der Waals surface area contributed by atoms with E-state index in [0.717, 1.165) is 34.2 Å². The molecule has 0 aliphatic carbocycles. The molecule has 0 spiro atoms. The molecule has 2 heterocycles. The fraction of sp³-hybridized carbons (Fsp3) is 0.559. The highest BCUT2D eigenvalue weighted by molar-refractivity contribution is 5.66. The molecule has 0 fully saturated rings. The van der Waals surface area contributed by atoms with Crippen molar-refractivity contribution in [3.63, 3.8) is 0 Å². The third-order valence-corrected chi connectivity index (χ3v) is 7.24. The molecule has 0 bridgehead atoms. The highest BCUT2D eigenvalue weighted by atomic mass is 16.5. The Morgan fingerprint density at radius 1 is 0.658 bits per heavy atom. The molecule has 4 nitrogen and oxygen atoms in total. The summed E-state index contributed by atoms with van der Waals surface area (Å²) in [6, 6.07) is 3.95. The van der Waals surface area contributed by atoms with Crippen LogP contribution in [0.2, 0.25) is 0 Å². The second-order valence-corrected chi connectivity index (χ2v) is 15.0. The Morgan fingerprint density at radius 2 is 1.05 bits per heavy atom. The van der Waals surface area contributed by atoms with Crippen molar-refractivity contribution >= 4 is 11.1 Å². The van der Waals surface area contributed by atoms with E-state index >= 15 is 0 Å². The van der Waals surface area contributed by atoms with E-state index in [1.54, 1.807) is 0 Å². The van der Waals surface area contributed by atoms with Crippen molar-refractivity contribution in [1.82, 2.24) is 0 Å². The lowest BCUT2D eigenvalue weighted by molar-refractivity contribution is 0.155. The standard InChI is InChI=1S/C34H47O4/c1-19(21-15-23(31(3,4)5)37-24(16-21)32(6,7)8)27-29(35)28(30(27)36)20(2)22-17-25(33(9,10)11)38-26(18-22)34(12,13)14/h15-18,21H,1-14H3/q+1. The second kappa shape index (κ2) is 9.47. The van der Waals surface area contributed by atoms with Crippen molar-refractivity contribution in [3.8, 4) is 0 Å². The van der Waals surface area contributed by atoms with Gasteiger partial charge in [0.15, 0.2) is 0 Å². The molecule has 0 saturated carbocycles. The Morgan fingerprint density at radius 3 is 1.39 bits per heavy atom. The zero-order valence-corrected chi connectivity index (χ0v) is 26.0. The van der Waals surface area contributed by atoms with Crippen LogP contribution in [0.1, 0.15) is 114 Å². The maximum absolute atomic E-state index is 13.6. The molecule has 1 aliphatic rings. The number of rotatable bonds is 2. The van der Waals surface area contributed by atoms with Crippen LogP contribution in [0.15, 0.2) is 49.8 Å². The van der Waals surface area contributed by atoms with E-state index in [4.69, 9.17) is 9.15 Å². The van der Waals surface area contributed by atoms with Gasteiger partial charge in [0.2, 0.25) is 10.9 Å². The molecule has 0 amide bonds. The fourth-order valence-electron chi connectivity index (χ4n) is 4.48. The van der Waals surface area contributed by atoms with E-state index in [1.807, 2.05) is 26.0 Å². The summed E-state index contributed by atoms with van der Waals surface area (Å²) in [6.07, 6.45) is 4.10. The Bertz CT molecular complexity index is 1410. The Balaban J connectivity index is 2.27. The zero-order chi connectivity index (χ0) is 29.2. The van der Waals surface area contributed by atoms with Crippen molar-refractivity contribution in [3.05, 3.63) is 83.8 Å². The molecule has 0 unspecified atom stereocenters. The summed E-state index contributed by atoms with van der Waals surface area (Å²) in [5, 5.41) is 0.574. The molecule has 1 aromatic carbocycles. The highest BCUT2D eigenvalue weighted by Gasteiger charge is 2.35. The first-order valence-corrected chi connectivity index (χ1v) is 13.7. The topological polar surface area (TPSA) is 54.7 Å². The predicted octanol–water partition coefficient (Wildman–Crippen LogP) is 6.65. The molecule has 0 N–H and O–H groups in total. The van der Waals surface area contributed by atoms with Crippen LogP contribution in [0.4, 0.5) is 0 Å². The summed E-state index contributed by atoms with van der Waals surface area (Å²) in [6.45, 7) is 29.0. The lowest BCUT2D eigenvalue weighted by atomic mass is 9.82. The molecule has 0 saturated heterocycles. The van der Waals surface area contributed by atoms with Crippen LogP contribution in [0.3, 0.4) is 0 Å². The number of ether oxygens (including phenoxy) is 1. The SMILES string of the molecule is CC(c1cc(C(C)(C)C)[o+]c(C(C)(C)C)c1)=c1c(=O)c(=C(C)C2C=C(C(C)(C)C)OC(C(C)(C)C)=C2)c1=O. The van der Waals surface area contributed by atoms with E-state index < -0.39 is 0 Å². The molecular formula is C34H47O4+. The third-order valence-electron chi connectivity index (χ3n) is 7.24. The molecule has 1 aromatic heterocycles. The van der Waals surface area contributed by atoms with Crippen LogP contribution in [-0.2, 0) is 15.6 Å². The van der Waals surface area contributed by atoms with Gasteiger partial charge < -0.3 is 4.74 Å². The minimum atomic E-state index is -0.215. The van der Waals surface area contributed by atoms with Crippen molar-refractivity contribution in [2.24, 2.45) is 16.7 Å². The van der Waals surface area contributed by atoms with E-state index in [-0.39, 0.29) is 43.7 Å². The summed E-state index contributed by atoms with van der Waals surface area (Å²) in [5.41, 5.74) is 1.15. The maximum atomic E-state index is 13.6. The van der Waals surface area contributed by atoms with Gasteiger partial charge in [-0.05, 0) is 84.3 Å². The number of hydrogen-bond acceptors (Lipinski definition) is 3. The Kier molecular flexibility index (Phi) is 7.42. The van der Waals surface area contributed by atoms with Gasteiger partial charge in [-0.3, -0.25) is 9.59 Å². The highest BCUT2D eigenvalue weighted by Crippen LogP contribution is 2.40. The Hall–Kier alpha value is -2.75. The zero-order valence-electron chi connectivity index (χ0n) is 26.0. The lowest BCUT2D eigenvalue weighted by Gasteiger charge is -2.34. The summed E-state index contributed by atoms with van der Waals surface area (Å²) < 4.78 is 12.6. The molecule has 4 heteroatoms. The monoisotopic (exact) mass is 519 g/mol. The van der Waals surface area contributed by atoms with Crippen molar-refractivity contribution in [1.29, 1.82) is 0 Å². The first-order chi connectivity index (χ1) is 17.0. The summed E-state index contributed by atoms with van der Waals surface area (Å²) in [5.74, 6) is 3.20. The van der Waals surface area contributed by atoms with Crippen LogP contribution in [0.25, 0.3) is 11.1 Å². The van der Waals surface area contributed by atoms with Crippen molar-refractivity contribution in [2.45, 2.75) is 108 Å². The maximum Gasteiger partial charge on any atom is 0.335 e. The second-order valence-electron chi connectivity index (χ2n) is 15.0. The smallest absolute Gasteiger partial charge is 0.335 e. The van der Waals surface area contributed by atoms with Crippen molar-refractivity contribution in [2.75, 3.05) is 0 Å². The number of allylic oxidation sites excluding steroid dienone is 4. The molecule has 0 atom stereocenters. The summed E-state index contributed by atoms with van der Waals surface area (Å²) in [7, 11) is 0. The predicted molar refractivity (Wildman–Crippen MR) is 158 cm³/mol. The van der Waals surface area contributed by atoms with Crippen LogP contribution in [-0.4, -0.2) is 0 Å². The average Bonchev–Trinajstić information content (AvgIpc) is 2.76. The van der Waals surface area contributed by atoms with Gasteiger partial charge in [-0.15, -0.1) is 0 Å². The average molecular weight is 520 g/mol. The van der Waals surface area contributed by atoms with Crippen LogP contribution in [0, 0.1) is 16.7 Å². The minimum Gasteiger partial charge on any atom is -0.466 e. The van der Waals surface area contributed by atoms with E-state index in [0.29, 0.717) is 10.8 Å². The molecule has 3 rings (SSSR count). The van der Waals surface area contributed by atoms with E-state index in [1.165, 1.54) is 0 Å². The Labute approximate surface area is 228 Å². The summed E-state index contributed by atoms with van der Waals surface area (Å²) >= 11 is 0. The largest absolute Gasteiger partial charge is 0.466 e. The first-order valence-electron chi connectivity index (χ1n) is 13.7. The first kappa shape index (κ1) is 29.8. The van der Waals surface area contributed by atoms with Crippen molar-refractivity contribution < 1.29 is 9.15 Å². The van der Waals surface area contributed by atoms with Crippen LogP contribution in [0.5, 0.6) is 0 Å². The minimum absolute atomic E-state index is 0.174. The fourth-order valence-corrected chi connectivity index (χ4v) is 4.48. The summed E-state index contributed by atoms with van der Waals surface area (Å²) in [4.78, 5) is 27.1. The van der Waals surface area contributed by atoms with Gasteiger partial charge in [-0.2, -0.15) is 0 Å². The third kappa shape index (κ3) is 5.80. The molecular weight excluding hydrogens is 472 g/mol. The van der Waals surface area contributed by atoms with Gasteiger partial charge in [0.05, 0.1) is 21.3 Å². The van der Waals surface area contributed by atoms with Gasteiger partial charge in [-0.25, -0.2) is 4.42 Å². The molecule has 38 heavy (non-hydrogen) atoms. The molecule has 2 aromatic rings. The quantitative estimate of drug-likeness (QED) is 0.417. The van der Waals surface area contributed by atoms with Gasteiger partial charge >= 0.3 is 11.5 Å². The van der Waals surface area contributed by atoms with Gasteiger partial charge in [0.25, 0.3) is 0 Å². The van der Waals surface area contributed by atoms with Gasteiger partial charge in [0.1, 0.15) is 11.5 Å². The van der Waals surface area contributed by atoms with Crippen LogP contribution < -0.4 is 21.3 Å².